The van der Waals surface area contributed by atoms with Crippen LogP contribution in [0.2, 0.25) is 10.0 Å². The molecule has 0 saturated carbocycles. The van der Waals surface area contributed by atoms with Gasteiger partial charge >= 0.3 is 5.63 Å². The molecule has 6 heteroatoms. The van der Waals surface area contributed by atoms with Gasteiger partial charge in [-0.05, 0) is 49.1 Å². The van der Waals surface area contributed by atoms with Crippen molar-refractivity contribution >= 4 is 39.9 Å². The number of hydrogen-bond acceptors (Lipinski definition) is 4. The van der Waals surface area contributed by atoms with Gasteiger partial charge in [-0.15, -0.1) is 0 Å². The van der Waals surface area contributed by atoms with Crippen LogP contribution in [-0.2, 0) is 13.0 Å². The third-order valence-electron chi connectivity index (χ3n) is 5.15. The maximum atomic E-state index is 12.2. The fraction of sp³-hybridized carbons (Fsp3) is 0.318. The van der Waals surface area contributed by atoms with Crippen molar-refractivity contribution in [2.75, 3.05) is 11.6 Å². The highest BCUT2D eigenvalue weighted by Gasteiger charge is 2.26. The Kier molecular flexibility index (Phi) is 5.26. The minimum Gasteiger partial charge on any atom is -0.471 e. The lowest BCUT2D eigenvalue weighted by Crippen LogP contribution is -2.32. The second-order valence-electron chi connectivity index (χ2n) is 7.14. The van der Waals surface area contributed by atoms with E-state index in [1.807, 2.05) is 31.2 Å². The van der Waals surface area contributed by atoms with Crippen LogP contribution in [0.5, 0.6) is 5.75 Å². The number of ether oxygens (including phenoxy) is 1. The lowest BCUT2D eigenvalue weighted by atomic mass is 10.0. The molecule has 0 spiro atoms. The van der Waals surface area contributed by atoms with Crippen molar-refractivity contribution in [1.82, 2.24) is 0 Å². The van der Waals surface area contributed by atoms with Gasteiger partial charge in [-0.2, -0.15) is 0 Å². The van der Waals surface area contributed by atoms with Gasteiger partial charge in [0, 0.05) is 22.2 Å². The van der Waals surface area contributed by atoms with E-state index >= 15 is 0 Å². The van der Waals surface area contributed by atoms with Crippen LogP contribution in [0.4, 0.5) is 5.69 Å². The topological polar surface area (TPSA) is 42.7 Å². The number of unbranched alkanes of at least 4 members (excludes halogenated alkanes) is 1. The zero-order chi connectivity index (χ0) is 19.8. The number of halogens is 2. The van der Waals surface area contributed by atoms with Crippen molar-refractivity contribution in [1.29, 1.82) is 0 Å². The molecule has 1 aliphatic heterocycles. The highest BCUT2D eigenvalue weighted by molar-refractivity contribution is 6.33. The Balaban J connectivity index is 1.85. The smallest absolute Gasteiger partial charge is 0.336 e. The van der Waals surface area contributed by atoms with Crippen molar-refractivity contribution in [3.05, 3.63) is 67.5 Å². The highest BCUT2D eigenvalue weighted by Crippen LogP contribution is 2.41. The van der Waals surface area contributed by atoms with Crippen molar-refractivity contribution in [3.63, 3.8) is 0 Å². The molecule has 4 nitrogen and oxygen atoms in total. The van der Waals surface area contributed by atoms with Crippen LogP contribution in [0.1, 0.15) is 36.5 Å². The molecule has 1 aliphatic rings. The molecule has 0 atom stereocenters. The number of rotatable bonds is 4. The Morgan fingerprint density at radius 1 is 1.18 bits per heavy atom. The Bertz CT molecular complexity index is 1110. The summed E-state index contributed by atoms with van der Waals surface area (Å²) in [6.45, 7) is 5.02. The van der Waals surface area contributed by atoms with Gasteiger partial charge in [0.1, 0.15) is 11.3 Å². The third-order valence-corrected chi connectivity index (χ3v) is 5.66. The summed E-state index contributed by atoms with van der Waals surface area (Å²) in [5, 5.41) is 2.08. The largest absolute Gasteiger partial charge is 0.471 e. The first-order chi connectivity index (χ1) is 13.5. The first-order valence-electron chi connectivity index (χ1n) is 9.40. The lowest BCUT2D eigenvalue weighted by molar-refractivity contribution is 0.289. The number of aryl methyl sites for hydroxylation is 2. The number of benzene rings is 2. The monoisotopic (exact) mass is 417 g/mol. The lowest BCUT2D eigenvalue weighted by Gasteiger charge is -2.32. The van der Waals surface area contributed by atoms with E-state index in [9.17, 15) is 4.79 Å². The van der Waals surface area contributed by atoms with Gasteiger partial charge in [0.05, 0.1) is 17.1 Å². The van der Waals surface area contributed by atoms with E-state index in [1.165, 1.54) is 0 Å². The summed E-state index contributed by atoms with van der Waals surface area (Å²) in [4.78, 5) is 14.3. The molecule has 0 fully saturated rings. The Morgan fingerprint density at radius 3 is 2.79 bits per heavy atom. The maximum absolute atomic E-state index is 12.2. The summed E-state index contributed by atoms with van der Waals surface area (Å²) >= 11 is 12.7. The van der Waals surface area contributed by atoms with Crippen molar-refractivity contribution < 1.29 is 9.15 Å². The molecule has 28 heavy (non-hydrogen) atoms. The van der Waals surface area contributed by atoms with E-state index in [0.717, 1.165) is 47.0 Å². The third kappa shape index (κ3) is 3.47. The number of fused-ring (bicyclic) bond motifs is 3. The minimum atomic E-state index is -0.348. The highest BCUT2D eigenvalue weighted by atomic mass is 35.5. The molecule has 146 valence electrons. The van der Waals surface area contributed by atoms with E-state index < -0.39 is 0 Å². The summed E-state index contributed by atoms with van der Waals surface area (Å²) in [5.74, 6) is 0.584. The zero-order valence-corrected chi connectivity index (χ0v) is 17.4. The summed E-state index contributed by atoms with van der Waals surface area (Å²) in [6, 6.07) is 9.19. The zero-order valence-electron chi connectivity index (χ0n) is 15.9. The van der Waals surface area contributed by atoms with E-state index in [4.69, 9.17) is 32.4 Å². The molecule has 2 heterocycles. The van der Waals surface area contributed by atoms with Gasteiger partial charge in [0.25, 0.3) is 0 Å². The van der Waals surface area contributed by atoms with Gasteiger partial charge in [0.15, 0.2) is 6.73 Å². The van der Waals surface area contributed by atoms with Crippen molar-refractivity contribution in [2.45, 2.75) is 39.7 Å². The van der Waals surface area contributed by atoms with Crippen LogP contribution in [-0.4, -0.2) is 6.73 Å². The van der Waals surface area contributed by atoms with Gasteiger partial charge in [0.2, 0.25) is 0 Å². The molecule has 0 radical (unpaired) electrons. The Hall–Kier alpha value is -2.17. The van der Waals surface area contributed by atoms with E-state index in [1.54, 1.807) is 6.07 Å². The molecule has 4 rings (SSSR count). The number of anilines is 1. The molecule has 3 aromatic rings. The number of nitrogens with zero attached hydrogens (tertiary/aromatic N) is 1. The SMILES string of the molecule is CCCCc1cc(=O)oc2c3c(c(Cl)cc12)OCN(c1cc(Cl)ccc1C)C3. The molecule has 0 unspecified atom stereocenters. The van der Waals surface area contributed by atoms with Gasteiger partial charge in [-0.25, -0.2) is 4.79 Å². The predicted molar refractivity (Wildman–Crippen MR) is 114 cm³/mol. The second-order valence-corrected chi connectivity index (χ2v) is 7.98. The first kappa shape index (κ1) is 19.2. The Labute approximate surface area is 173 Å². The Morgan fingerprint density at radius 2 is 2.00 bits per heavy atom. The molecule has 0 saturated heterocycles. The van der Waals surface area contributed by atoms with Crippen LogP contribution in [0.15, 0.2) is 39.5 Å². The van der Waals surface area contributed by atoms with Gasteiger partial charge in [-0.3, -0.25) is 0 Å². The first-order valence-corrected chi connectivity index (χ1v) is 10.2. The van der Waals surface area contributed by atoms with Crippen molar-refractivity contribution in [3.8, 4) is 5.75 Å². The fourth-order valence-corrected chi connectivity index (χ4v) is 4.15. The van der Waals surface area contributed by atoms with Crippen LogP contribution >= 0.6 is 23.2 Å². The van der Waals surface area contributed by atoms with Gasteiger partial charge in [-0.1, -0.05) is 42.6 Å². The molecule has 0 aliphatic carbocycles. The summed E-state index contributed by atoms with van der Waals surface area (Å²) in [6.07, 6.45) is 2.86. The average Bonchev–Trinajstić information content (AvgIpc) is 2.68. The van der Waals surface area contributed by atoms with Crippen molar-refractivity contribution in [2.24, 2.45) is 0 Å². The summed E-state index contributed by atoms with van der Waals surface area (Å²) in [5.41, 5.74) is 4.04. The molecule has 0 N–H and O–H groups in total. The molecular formula is C22H21Cl2NO3. The summed E-state index contributed by atoms with van der Waals surface area (Å²) in [7, 11) is 0. The van der Waals surface area contributed by atoms with Crippen LogP contribution in [0.25, 0.3) is 11.0 Å². The second kappa shape index (κ2) is 7.69. The van der Waals surface area contributed by atoms with Crippen LogP contribution < -0.4 is 15.3 Å². The minimum absolute atomic E-state index is 0.346. The molecule has 2 aromatic carbocycles. The standard InChI is InChI=1S/C22H21Cl2NO3/c1-3-4-5-14-8-20(26)28-21-16(14)10-18(24)22-17(21)11-25(12-27-22)19-9-15(23)7-6-13(19)2/h6-10H,3-5,11-12H2,1-2H3. The van der Waals surface area contributed by atoms with E-state index in [-0.39, 0.29) is 5.63 Å². The van der Waals surface area contributed by atoms with Crippen LogP contribution in [0.3, 0.4) is 0 Å². The average molecular weight is 418 g/mol. The normalized spacial score (nSPS) is 13.5. The number of hydrogen-bond donors (Lipinski definition) is 0. The summed E-state index contributed by atoms with van der Waals surface area (Å²) < 4.78 is 11.6. The van der Waals surface area contributed by atoms with Gasteiger partial charge < -0.3 is 14.1 Å². The van der Waals surface area contributed by atoms with Crippen LogP contribution in [0, 0.1) is 6.92 Å². The molecule has 0 bridgehead atoms. The quantitative estimate of drug-likeness (QED) is 0.480. The molecule has 0 amide bonds. The molecule has 1 aromatic heterocycles. The van der Waals surface area contributed by atoms with E-state index in [2.05, 4.69) is 11.8 Å². The van der Waals surface area contributed by atoms with E-state index in [0.29, 0.717) is 34.7 Å². The molecular weight excluding hydrogens is 397 g/mol. The maximum Gasteiger partial charge on any atom is 0.336 e. The predicted octanol–water partition coefficient (Wildman–Crippen LogP) is 6.11. The fourth-order valence-electron chi connectivity index (χ4n) is 3.70.